The largest absolute Gasteiger partial charge is 0.467 e. The fourth-order valence-corrected chi connectivity index (χ4v) is 2.04. The maximum absolute atomic E-state index is 11.3. The summed E-state index contributed by atoms with van der Waals surface area (Å²) in [5.74, 6) is -0.881. The molecular formula is C14H15NO4. The molecule has 2 atom stereocenters. The molecule has 5 heteroatoms. The van der Waals surface area contributed by atoms with Crippen LogP contribution < -0.4 is 5.73 Å². The van der Waals surface area contributed by atoms with Crippen LogP contribution in [0, 0.1) is 0 Å². The number of anilines is 1. The third kappa shape index (κ3) is 2.38. The molecule has 0 saturated carbocycles. The fourth-order valence-electron chi connectivity index (χ4n) is 2.04. The number of aliphatic hydroxyl groups is 2. The first-order chi connectivity index (χ1) is 9.06. The Bertz CT molecular complexity index is 611. The van der Waals surface area contributed by atoms with E-state index in [9.17, 15) is 15.0 Å². The molecule has 0 spiro atoms. The van der Waals surface area contributed by atoms with Gasteiger partial charge in [-0.15, -0.1) is 0 Å². The van der Waals surface area contributed by atoms with E-state index < -0.39 is 18.2 Å². The molecule has 0 radical (unpaired) electrons. The molecule has 2 rings (SSSR count). The number of esters is 1. The van der Waals surface area contributed by atoms with E-state index in [1.165, 1.54) is 0 Å². The minimum Gasteiger partial charge on any atom is -0.467 e. The number of carbonyl (C=O) groups excluding carboxylic acids is 1. The molecule has 0 saturated heterocycles. The third-order valence-corrected chi connectivity index (χ3v) is 3.05. The highest BCUT2D eigenvalue weighted by Gasteiger charge is 2.27. The van der Waals surface area contributed by atoms with Gasteiger partial charge in [-0.2, -0.15) is 0 Å². The summed E-state index contributed by atoms with van der Waals surface area (Å²) < 4.78 is 4.42. The van der Waals surface area contributed by atoms with Crippen LogP contribution in [0.1, 0.15) is 11.7 Å². The summed E-state index contributed by atoms with van der Waals surface area (Å²) in [5.41, 5.74) is 6.85. The van der Waals surface area contributed by atoms with Crippen LogP contribution in [0.5, 0.6) is 0 Å². The molecule has 100 valence electrons. The predicted octanol–water partition coefficient (Wildman–Crippen LogP) is 0.989. The summed E-state index contributed by atoms with van der Waals surface area (Å²) in [6.45, 7) is 0. The molecule has 0 fully saturated rings. The van der Waals surface area contributed by atoms with Gasteiger partial charge in [0.2, 0.25) is 0 Å². The van der Waals surface area contributed by atoms with Crippen molar-refractivity contribution in [3.63, 3.8) is 0 Å². The van der Waals surface area contributed by atoms with Gasteiger partial charge in [-0.3, -0.25) is 0 Å². The highest BCUT2D eigenvalue weighted by Crippen LogP contribution is 2.29. The second kappa shape index (κ2) is 5.26. The summed E-state index contributed by atoms with van der Waals surface area (Å²) >= 11 is 0. The molecule has 0 bridgehead atoms. The SMILES string of the molecule is COC(=O)C(O)C(O)c1cccc2c(N)cccc12. The van der Waals surface area contributed by atoms with Crippen LogP contribution in [0.25, 0.3) is 10.8 Å². The number of aliphatic hydroxyl groups excluding tert-OH is 2. The molecule has 0 aliphatic heterocycles. The van der Waals surface area contributed by atoms with Crippen LogP contribution in [-0.2, 0) is 9.53 Å². The number of nitrogens with two attached hydrogens (primary N) is 1. The first-order valence-corrected chi connectivity index (χ1v) is 5.77. The van der Waals surface area contributed by atoms with Gasteiger partial charge in [-0.1, -0.05) is 30.3 Å². The lowest BCUT2D eigenvalue weighted by Gasteiger charge is -2.18. The Morgan fingerprint density at radius 3 is 2.47 bits per heavy atom. The molecule has 2 unspecified atom stereocenters. The number of hydrogen-bond acceptors (Lipinski definition) is 5. The number of hydrogen-bond donors (Lipinski definition) is 3. The molecule has 0 aliphatic rings. The van der Waals surface area contributed by atoms with E-state index in [0.29, 0.717) is 16.6 Å². The Morgan fingerprint density at radius 2 is 1.79 bits per heavy atom. The smallest absolute Gasteiger partial charge is 0.337 e. The van der Waals surface area contributed by atoms with Crippen LogP contribution in [0.4, 0.5) is 5.69 Å². The van der Waals surface area contributed by atoms with Gasteiger partial charge < -0.3 is 20.7 Å². The summed E-state index contributed by atoms with van der Waals surface area (Å²) in [5, 5.41) is 21.3. The second-order valence-corrected chi connectivity index (χ2v) is 4.20. The van der Waals surface area contributed by atoms with Gasteiger partial charge in [0, 0.05) is 11.1 Å². The third-order valence-electron chi connectivity index (χ3n) is 3.05. The molecular weight excluding hydrogens is 246 g/mol. The van der Waals surface area contributed by atoms with Gasteiger partial charge >= 0.3 is 5.97 Å². The topological polar surface area (TPSA) is 92.8 Å². The maximum Gasteiger partial charge on any atom is 0.337 e. The second-order valence-electron chi connectivity index (χ2n) is 4.20. The van der Waals surface area contributed by atoms with Crippen LogP contribution in [0.3, 0.4) is 0 Å². The lowest BCUT2D eigenvalue weighted by Crippen LogP contribution is -2.29. The zero-order valence-electron chi connectivity index (χ0n) is 10.4. The standard InChI is InChI=1S/C14H15NO4/c1-19-14(18)13(17)12(16)10-6-2-5-9-8(10)4-3-7-11(9)15/h2-7,12-13,16-17H,15H2,1H3. The zero-order chi connectivity index (χ0) is 14.0. The molecule has 4 N–H and O–H groups in total. The highest BCUT2D eigenvalue weighted by molar-refractivity contribution is 5.95. The Labute approximate surface area is 110 Å². The summed E-state index contributed by atoms with van der Waals surface area (Å²) in [4.78, 5) is 11.3. The lowest BCUT2D eigenvalue weighted by atomic mass is 9.96. The minimum absolute atomic E-state index is 0.433. The number of benzene rings is 2. The molecule has 0 aromatic heterocycles. The molecule has 0 heterocycles. The number of carbonyl (C=O) groups is 1. The average Bonchev–Trinajstić information content (AvgIpc) is 2.45. The summed E-state index contributed by atoms with van der Waals surface area (Å²) in [6.07, 6.45) is -2.99. The number of nitrogen functional groups attached to an aromatic ring is 1. The number of fused-ring (bicyclic) bond motifs is 1. The van der Waals surface area contributed by atoms with Gasteiger partial charge in [0.1, 0.15) is 6.10 Å². The zero-order valence-corrected chi connectivity index (χ0v) is 10.4. The Morgan fingerprint density at radius 1 is 1.16 bits per heavy atom. The van der Waals surface area contributed by atoms with E-state index in [0.717, 1.165) is 12.5 Å². The van der Waals surface area contributed by atoms with Crippen molar-refractivity contribution < 1.29 is 19.7 Å². The molecule has 2 aromatic carbocycles. The predicted molar refractivity (Wildman–Crippen MR) is 71.3 cm³/mol. The van der Waals surface area contributed by atoms with Crippen molar-refractivity contribution in [3.8, 4) is 0 Å². The quantitative estimate of drug-likeness (QED) is 0.566. The van der Waals surface area contributed by atoms with Gasteiger partial charge in [0.05, 0.1) is 7.11 Å². The molecule has 5 nitrogen and oxygen atoms in total. The molecule has 2 aromatic rings. The Kier molecular flexibility index (Phi) is 3.69. The van der Waals surface area contributed by atoms with Crippen molar-refractivity contribution in [1.82, 2.24) is 0 Å². The van der Waals surface area contributed by atoms with Crippen LogP contribution >= 0.6 is 0 Å². The minimum atomic E-state index is -1.63. The lowest BCUT2D eigenvalue weighted by molar-refractivity contribution is -0.156. The van der Waals surface area contributed by atoms with Crippen molar-refractivity contribution >= 4 is 22.4 Å². The first kappa shape index (κ1) is 13.3. The van der Waals surface area contributed by atoms with Gasteiger partial charge in [0.15, 0.2) is 6.10 Å². The Balaban J connectivity index is 2.51. The van der Waals surface area contributed by atoms with Crippen molar-refractivity contribution in [3.05, 3.63) is 42.0 Å². The number of methoxy groups -OCH3 is 1. The molecule has 0 amide bonds. The van der Waals surface area contributed by atoms with Gasteiger partial charge in [-0.05, 0) is 17.0 Å². The Hall–Kier alpha value is -2.11. The highest BCUT2D eigenvalue weighted by atomic mass is 16.5. The maximum atomic E-state index is 11.3. The summed E-state index contributed by atoms with van der Waals surface area (Å²) in [6, 6.07) is 10.4. The van der Waals surface area contributed by atoms with Crippen LogP contribution in [-0.4, -0.2) is 29.4 Å². The van der Waals surface area contributed by atoms with Gasteiger partial charge in [-0.25, -0.2) is 4.79 Å². The monoisotopic (exact) mass is 261 g/mol. The number of ether oxygens (including phenoxy) is 1. The van der Waals surface area contributed by atoms with Crippen molar-refractivity contribution in [2.45, 2.75) is 12.2 Å². The van der Waals surface area contributed by atoms with Crippen LogP contribution in [0.15, 0.2) is 36.4 Å². The average molecular weight is 261 g/mol. The summed E-state index contributed by atoms with van der Waals surface area (Å²) in [7, 11) is 1.15. The van der Waals surface area contributed by atoms with E-state index >= 15 is 0 Å². The first-order valence-electron chi connectivity index (χ1n) is 5.77. The fraction of sp³-hybridized carbons (Fsp3) is 0.214. The van der Waals surface area contributed by atoms with Crippen molar-refractivity contribution in [2.75, 3.05) is 12.8 Å². The van der Waals surface area contributed by atoms with E-state index in [1.54, 1.807) is 30.3 Å². The molecule has 19 heavy (non-hydrogen) atoms. The molecule has 0 aliphatic carbocycles. The normalized spacial score (nSPS) is 14.1. The van der Waals surface area contributed by atoms with E-state index in [-0.39, 0.29) is 0 Å². The van der Waals surface area contributed by atoms with Crippen molar-refractivity contribution in [2.24, 2.45) is 0 Å². The van der Waals surface area contributed by atoms with E-state index in [1.807, 2.05) is 6.07 Å². The van der Waals surface area contributed by atoms with Crippen LogP contribution in [0.2, 0.25) is 0 Å². The van der Waals surface area contributed by atoms with Crippen molar-refractivity contribution in [1.29, 1.82) is 0 Å². The van der Waals surface area contributed by atoms with E-state index in [4.69, 9.17) is 5.73 Å². The van der Waals surface area contributed by atoms with Gasteiger partial charge in [0.25, 0.3) is 0 Å². The number of rotatable bonds is 3. The van der Waals surface area contributed by atoms with E-state index in [2.05, 4.69) is 4.74 Å².